The number of carbonyl (C=O) groups excluding carboxylic acids is 2. The molecule has 132 valence electrons. The molecule has 25 heavy (non-hydrogen) atoms. The number of fused-ring (bicyclic) bond motifs is 1. The molecule has 0 saturated carbocycles. The zero-order valence-corrected chi connectivity index (χ0v) is 14.7. The first-order valence-corrected chi connectivity index (χ1v) is 8.78. The fraction of sp³-hybridized carbons (Fsp3) is 0.421. The van der Waals surface area contributed by atoms with Gasteiger partial charge in [0.05, 0.1) is 18.8 Å². The molecular formula is C19H24N4O2. The number of rotatable bonds is 5. The normalized spacial score (nSPS) is 16.2. The van der Waals surface area contributed by atoms with Gasteiger partial charge in [-0.15, -0.1) is 0 Å². The minimum Gasteiger partial charge on any atom is -0.347 e. The zero-order valence-electron chi connectivity index (χ0n) is 14.7. The first-order valence-electron chi connectivity index (χ1n) is 8.78. The largest absolute Gasteiger partial charge is 0.347 e. The van der Waals surface area contributed by atoms with Crippen LogP contribution >= 0.6 is 0 Å². The van der Waals surface area contributed by atoms with Crippen molar-refractivity contribution < 1.29 is 9.59 Å². The van der Waals surface area contributed by atoms with Crippen LogP contribution in [-0.2, 0) is 16.0 Å². The fourth-order valence-corrected chi connectivity index (χ4v) is 3.30. The lowest BCUT2D eigenvalue weighted by atomic mass is 9.88. The van der Waals surface area contributed by atoms with Gasteiger partial charge in [0.2, 0.25) is 11.8 Å². The third-order valence-corrected chi connectivity index (χ3v) is 4.64. The molecule has 1 aliphatic rings. The molecule has 0 fully saturated rings. The van der Waals surface area contributed by atoms with Crippen LogP contribution in [-0.4, -0.2) is 28.1 Å². The number of nitrogens with one attached hydrogen (secondary N) is 2. The number of anilines is 1. The van der Waals surface area contributed by atoms with Crippen molar-refractivity contribution in [1.82, 2.24) is 15.1 Å². The molecule has 1 atom stereocenters. The topological polar surface area (TPSA) is 76.0 Å². The van der Waals surface area contributed by atoms with Crippen molar-refractivity contribution in [2.75, 3.05) is 11.9 Å². The summed E-state index contributed by atoms with van der Waals surface area (Å²) in [6.45, 7) is 3.66. The molecule has 1 aromatic heterocycles. The molecule has 2 N–H and O–H groups in total. The number of hydrogen-bond acceptors (Lipinski definition) is 3. The molecular weight excluding hydrogens is 316 g/mol. The van der Waals surface area contributed by atoms with Crippen molar-refractivity contribution in [2.45, 2.75) is 45.6 Å². The van der Waals surface area contributed by atoms with E-state index < -0.39 is 0 Å². The van der Waals surface area contributed by atoms with Gasteiger partial charge < -0.3 is 10.6 Å². The van der Waals surface area contributed by atoms with Gasteiger partial charge in [0.25, 0.3) is 0 Å². The molecule has 3 rings (SSSR count). The second-order valence-corrected chi connectivity index (χ2v) is 6.41. The van der Waals surface area contributed by atoms with Gasteiger partial charge in [-0.1, -0.05) is 31.2 Å². The molecule has 1 heterocycles. The van der Waals surface area contributed by atoms with Gasteiger partial charge in [-0.2, -0.15) is 5.10 Å². The van der Waals surface area contributed by atoms with E-state index in [0.29, 0.717) is 12.2 Å². The van der Waals surface area contributed by atoms with E-state index in [0.717, 1.165) is 24.8 Å². The Bertz CT molecular complexity index is 781. The number of aryl methyl sites for hydroxylation is 2. The maximum atomic E-state index is 12.2. The van der Waals surface area contributed by atoms with Crippen LogP contribution in [0.1, 0.15) is 48.9 Å². The van der Waals surface area contributed by atoms with Crippen molar-refractivity contribution in [3.63, 3.8) is 0 Å². The second-order valence-electron chi connectivity index (χ2n) is 6.41. The summed E-state index contributed by atoms with van der Waals surface area (Å²) in [4.78, 5) is 23.5. The first kappa shape index (κ1) is 17.2. The van der Waals surface area contributed by atoms with Crippen molar-refractivity contribution >= 4 is 17.6 Å². The van der Waals surface area contributed by atoms with Gasteiger partial charge in [-0.05, 0) is 37.3 Å². The highest BCUT2D eigenvalue weighted by Gasteiger charge is 2.25. The van der Waals surface area contributed by atoms with E-state index in [1.165, 1.54) is 11.1 Å². The van der Waals surface area contributed by atoms with Gasteiger partial charge in [0.1, 0.15) is 5.82 Å². The van der Waals surface area contributed by atoms with Gasteiger partial charge in [-0.3, -0.25) is 9.59 Å². The quantitative estimate of drug-likeness (QED) is 0.878. The predicted octanol–water partition coefficient (Wildman–Crippen LogP) is 2.58. The predicted molar refractivity (Wildman–Crippen MR) is 96.4 cm³/mol. The van der Waals surface area contributed by atoms with Crippen molar-refractivity contribution in [3.05, 3.63) is 47.2 Å². The van der Waals surface area contributed by atoms with E-state index in [-0.39, 0.29) is 24.4 Å². The SMILES string of the molecule is CCC(=O)NCC(=O)Nc1c(C)cnn1C1CCCc2ccccc21. The Kier molecular flexibility index (Phi) is 5.16. The summed E-state index contributed by atoms with van der Waals surface area (Å²) < 4.78 is 1.91. The van der Waals surface area contributed by atoms with Crippen LogP contribution in [0.4, 0.5) is 5.82 Å². The van der Waals surface area contributed by atoms with Crippen molar-refractivity contribution in [1.29, 1.82) is 0 Å². The van der Waals surface area contributed by atoms with Crippen molar-refractivity contribution in [2.24, 2.45) is 0 Å². The number of amides is 2. The second kappa shape index (κ2) is 7.51. The highest BCUT2D eigenvalue weighted by Crippen LogP contribution is 2.34. The van der Waals surface area contributed by atoms with Crippen LogP contribution in [0, 0.1) is 6.92 Å². The van der Waals surface area contributed by atoms with E-state index in [1.54, 1.807) is 13.1 Å². The number of aromatic nitrogens is 2. The van der Waals surface area contributed by atoms with Gasteiger partial charge in [-0.25, -0.2) is 4.68 Å². The minimum atomic E-state index is -0.240. The Morgan fingerprint density at radius 2 is 2.08 bits per heavy atom. The Labute approximate surface area is 147 Å². The van der Waals surface area contributed by atoms with Crippen molar-refractivity contribution in [3.8, 4) is 0 Å². The number of carbonyl (C=O) groups is 2. The summed E-state index contributed by atoms with van der Waals surface area (Å²) >= 11 is 0. The van der Waals surface area contributed by atoms with Crippen LogP contribution in [0.5, 0.6) is 0 Å². The lowest BCUT2D eigenvalue weighted by molar-refractivity contribution is -0.123. The molecule has 1 aliphatic carbocycles. The molecule has 1 unspecified atom stereocenters. The Balaban J connectivity index is 1.81. The molecule has 1 aromatic carbocycles. The first-order chi connectivity index (χ1) is 12.1. The third-order valence-electron chi connectivity index (χ3n) is 4.64. The molecule has 0 saturated heterocycles. The van der Waals surface area contributed by atoms with E-state index in [9.17, 15) is 9.59 Å². The molecule has 6 nitrogen and oxygen atoms in total. The number of hydrogen-bond donors (Lipinski definition) is 2. The smallest absolute Gasteiger partial charge is 0.244 e. The maximum absolute atomic E-state index is 12.2. The van der Waals surface area contributed by atoms with Crippen LogP contribution in [0.3, 0.4) is 0 Å². The minimum absolute atomic E-state index is 0.0292. The Morgan fingerprint density at radius 1 is 1.28 bits per heavy atom. The average molecular weight is 340 g/mol. The Hall–Kier alpha value is -2.63. The molecule has 0 radical (unpaired) electrons. The molecule has 2 aromatic rings. The molecule has 6 heteroatoms. The number of nitrogens with zero attached hydrogens (tertiary/aromatic N) is 2. The monoisotopic (exact) mass is 340 g/mol. The van der Waals surface area contributed by atoms with E-state index >= 15 is 0 Å². The van der Waals surface area contributed by atoms with Crippen LogP contribution in [0.2, 0.25) is 0 Å². The lowest BCUT2D eigenvalue weighted by Crippen LogP contribution is -2.33. The molecule has 0 aliphatic heterocycles. The third kappa shape index (κ3) is 3.73. The maximum Gasteiger partial charge on any atom is 0.244 e. The summed E-state index contributed by atoms with van der Waals surface area (Å²) in [7, 11) is 0. The van der Waals surface area contributed by atoms with E-state index in [2.05, 4.69) is 33.9 Å². The lowest BCUT2D eigenvalue weighted by Gasteiger charge is -2.27. The molecule has 2 amide bonds. The van der Waals surface area contributed by atoms with Gasteiger partial charge in [0, 0.05) is 12.0 Å². The van der Waals surface area contributed by atoms with Crippen LogP contribution < -0.4 is 10.6 Å². The summed E-state index contributed by atoms with van der Waals surface area (Å²) in [5.41, 5.74) is 3.53. The van der Waals surface area contributed by atoms with E-state index in [4.69, 9.17) is 0 Å². The number of benzene rings is 1. The highest BCUT2D eigenvalue weighted by molar-refractivity contribution is 5.94. The van der Waals surface area contributed by atoms with Crippen LogP contribution in [0.25, 0.3) is 0 Å². The summed E-state index contributed by atoms with van der Waals surface area (Å²) in [6, 6.07) is 8.54. The van der Waals surface area contributed by atoms with Gasteiger partial charge in [0.15, 0.2) is 0 Å². The van der Waals surface area contributed by atoms with Gasteiger partial charge >= 0.3 is 0 Å². The molecule has 0 spiro atoms. The average Bonchev–Trinajstić information content (AvgIpc) is 2.99. The molecule has 0 bridgehead atoms. The van der Waals surface area contributed by atoms with E-state index in [1.807, 2.05) is 17.7 Å². The summed E-state index contributed by atoms with van der Waals surface area (Å²) in [5.74, 6) is 0.329. The summed E-state index contributed by atoms with van der Waals surface area (Å²) in [6.07, 6.45) is 5.31. The standard InChI is InChI=1S/C19H24N4O2/c1-3-17(24)20-12-18(25)22-19-13(2)11-21-23(19)16-10-6-8-14-7-4-5-9-15(14)16/h4-5,7,9,11,16H,3,6,8,10,12H2,1-2H3,(H,20,24)(H,22,25). The summed E-state index contributed by atoms with van der Waals surface area (Å²) in [5, 5.41) is 10.0. The fourth-order valence-electron chi connectivity index (χ4n) is 3.30. The van der Waals surface area contributed by atoms with Crippen LogP contribution in [0.15, 0.2) is 30.5 Å². The zero-order chi connectivity index (χ0) is 17.8. The Morgan fingerprint density at radius 3 is 2.88 bits per heavy atom. The highest BCUT2D eigenvalue weighted by atomic mass is 16.2.